The highest BCUT2D eigenvalue weighted by atomic mass is 19.1. The van der Waals surface area contributed by atoms with Crippen molar-refractivity contribution in [2.75, 3.05) is 25.0 Å². The maximum atomic E-state index is 13.8. The molecule has 156 valence electrons. The van der Waals surface area contributed by atoms with E-state index in [1.54, 1.807) is 6.07 Å². The average Bonchev–Trinajstić information content (AvgIpc) is 3.31. The summed E-state index contributed by atoms with van der Waals surface area (Å²) in [7, 11) is 0. The summed E-state index contributed by atoms with van der Waals surface area (Å²) in [4.78, 5) is 15.1. The fraction of sp³-hybridized carbons (Fsp3) is 0.400. The average molecular weight is 407 g/mol. The predicted octanol–water partition coefficient (Wildman–Crippen LogP) is 4.84. The molecule has 1 fully saturated rings. The Morgan fingerprint density at radius 1 is 1.20 bits per heavy atom. The van der Waals surface area contributed by atoms with Crippen molar-refractivity contribution < 1.29 is 13.9 Å². The molecule has 1 atom stereocenters. The summed E-state index contributed by atoms with van der Waals surface area (Å²) in [5.74, 6) is 0.796. The first-order chi connectivity index (χ1) is 14.6. The number of anilines is 1. The molecule has 4 nitrogen and oxygen atoms in total. The fourth-order valence-electron chi connectivity index (χ4n) is 4.92. The van der Waals surface area contributed by atoms with Gasteiger partial charge in [0.25, 0.3) is 5.91 Å². The van der Waals surface area contributed by atoms with E-state index in [0.717, 1.165) is 30.0 Å². The molecule has 3 aliphatic heterocycles. The number of nitrogens with one attached hydrogen (secondary N) is 1. The zero-order valence-corrected chi connectivity index (χ0v) is 17.3. The molecule has 5 rings (SSSR count). The van der Waals surface area contributed by atoms with E-state index in [1.807, 2.05) is 0 Å². The Hall–Kier alpha value is -2.66. The van der Waals surface area contributed by atoms with Crippen molar-refractivity contribution in [3.8, 4) is 0 Å². The van der Waals surface area contributed by atoms with E-state index in [2.05, 4.69) is 35.3 Å². The molecule has 1 saturated heterocycles. The third kappa shape index (κ3) is 3.52. The number of halogens is 1. The number of carbonyl (C=O) groups is 1. The van der Waals surface area contributed by atoms with E-state index >= 15 is 0 Å². The van der Waals surface area contributed by atoms with Gasteiger partial charge in [0, 0.05) is 35.5 Å². The molecular weight excluding hydrogens is 379 g/mol. The molecule has 5 heteroatoms. The molecule has 0 aliphatic carbocycles. The predicted molar refractivity (Wildman–Crippen MR) is 116 cm³/mol. The maximum absolute atomic E-state index is 13.8. The van der Waals surface area contributed by atoms with Gasteiger partial charge >= 0.3 is 0 Å². The Labute approximate surface area is 176 Å². The molecule has 0 spiro atoms. The molecule has 3 aliphatic rings. The van der Waals surface area contributed by atoms with Crippen molar-refractivity contribution in [1.82, 2.24) is 4.90 Å². The molecule has 30 heavy (non-hydrogen) atoms. The number of hydrogen-bond acceptors (Lipinski definition) is 3. The second-order valence-corrected chi connectivity index (χ2v) is 8.60. The number of fused-ring (bicyclic) bond motifs is 2. The lowest BCUT2D eigenvalue weighted by molar-refractivity contribution is -0.110. The number of likely N-dealkylation sites (tertiary alicyclic amines) is 1. The van der Waals surface area contributed by atoms with E-state index in [4.69, 9.17) is 4.74 Å². The Morgan fingerprint density at radius 3 is 2.97 bits per heavy atom. The van der Waals surface area contributed by atoms with Crippen LogP contribution in [0.1, 0.15) is 48.4 Å². The van der Waals surface area contributed by atoms with Gasteiger partial charge in [0.05, 0.1) is 5.57 Å². The van der Waals surface area contributed by atoms with Crippen molar-refractivity contribution in [2.24, 2.45) is 5.92 Å². The molecule has 0 radical (unpaired) electrons. The highest BCUT2D eigenvalue weighted by Gasteiger charge is 2.32. The Bertz CT molecular complexity index is 1030. The second-order valence-electron chi connectivity index (χ2n) is 8.60. The van der Waals surface area contributed by atoms with Crippen LogP contribution in [0, 0.1) is 11.7 Å². The Balaban J connectivity index is 1.37. The van der Waals surface area contributed by atoms with E-state index in [0.29, 0.717) is 29.2 Å². The highest BCUT2D eigenvalue weighted by Crippen LogP contribution is 2.42. The van der Waals surface area contributed by atoms with E-state index in [1.165, 1.54) is 50.0 Å². The zero-order chi connectivity index (χ0) is 20.7. The van der Waals surface area contributed by atoms with Crippen molar-refractivity contribution >= 4 is 22.9 Å². The van der Waals surface area contributed by atoms with Crippen LogP contribution in [-0.2, 0) is 22.6 Å². The largest absolute Gasteiger partial charge is 0.487 e. The molecule has 2 aromatic rings. The SMILES string of the molecule is CCC1CCCN(CCc2ccc3c(c2)CO/C3=C2/C(=O)Nc3ccc(F)cc32)C1. The lowest BCUT2D eigenvalue weighted by Crippen LogP contribution is -2.36. The number of hydrogen-bond donors (Lipinski definition) is 1. The minimum absolute atomic E-state index is 0.238. The number of carbonyl (C=O) groups excluding carboxylic acids is 1. The third-order valence-corrected chi connectivity index (χ3v) is 6.64. The maximum Gasteiger partial charge on any atom is 0.260 e. The van der Waals surface area contributed by atoms with Crippen molar-refractivity contribution in [2.45, 2.75) is 39.2 Å². The van der Waals surface area contributed by atoms with Crippen LogP contribution in [-0.4, -0.2) is 30.4 Å². The second kappa shape index (κ2) is 7.88. The highest BCUT2D eigenvalue weighted by molar-refractivity contribution is 6.36. The van der Waals surface area contributed by atoms with Crippen LogP contribution >= 0.6 is 0 Å². The van der Waals surface area contributed by atoms with Gasteiger partial charge in [-0.05, 0) is 55.5 Å². The summed E-state index contributed by atoms with van der Waals surface area (Å²) in [5.41, 5.74) is 4.95. The molecule has 0 bridgehead atoms. The van der Waals surface area contributed by atoms with Crippen LogP contribution < -0.4 is 5.32 Å². The monoisotopic (exact) mass is 406 g/mol. The van der Waals surface area contributed by atoms with Gasteiger partial charge in [-0.3, -0.25) is 4.79 Å². The lowest BCUT2D eigenvalue weighted by Gasteiger charge is -2.32. The Kier molecular flexibility index (Phi) is 5.07. The first kappa shape index (κ1) is 19.3. The van der Waals surface area contributed by atoms with Crippen molar-refractivity contribution in [3.05, 3.63) is 64.5 Å². The first-order valence-corrected chi connectivity index (χ1v) is 10.9. The van der Waals surface area contributed by atoms with Crippen LogP contribution in [0.4, 0.5) is 10.1 Å². The number of amides is 1. The molecule has 1 N–H and O–H groups in total. The quantitative estimate of drug-likeness (QED) is 0.739. The summed E-state index contributed by atoms with van der Waals surface area (Å²) >= 11 is 0. The van der Waals surface area contributed by atoms with Gasteiger partial charge in [0.2, 0.25) is 0 Å². The van der Waals surface area contributed by atoms with E-state index < -0.39 is 0 Å². The molecule has 0 saturated carbocycles. The van der Waals surface area contributed by atoms with Crippen LogP contribution in [0.15, 0.2) is 36.4 Å². The third-order valence-electron chi connectivity index (χ3n) is 6.64. The van der Waals surface area contributed by atoms with Crippen LogP contribution in [0.2, 0.25) is 0 Å². The van der Waals surface area contributed by atoms with Gasteiger partial charge in [-0.15, -0.1) is 0 Å². The van der Waals surface area contributed by atoms with Gasteiger partial charge in [-0.25, -0.2) is 4.39 Å². The number of piperidine rings is 1. The summed E-state index contributed by atoms with van der Waals surface area (Å²) in [5, 5.41) is 2.81. The number of nitrogens with zero attached hydrogens (tertiary/aromatic N) is 1. The molecule has 1 amide bonds. The summed E-state index contributed by atoms with van der Waals surface area (Å²) < 4.78 is 19.7. The number of ether oxygens (including phenoxy) is 1. The number of benzene rings is 2. The zero-order valence-electron chi connectivity index (χ0n) is 17.3. The normalized spacial score (nSPS) is 23.1. The van der Waals surface area contributed by atoms with Gasteiger partial charge in [0.1, 0.15) is 18.2 Å². The fourth-order valence-corrected chi connectivity index (χ4v) is 4.92. The lowest BCUT2D eigenvalue weighted by atomic mass is 9.95. The van der Waals surface area contributed by atoms with Gasteiger partial charge in [-0.1, -0.05) is 31.5 Å². The van der Waals surface area contributed by atoms with E-state index in [9.17, 15) is 9.18 Å². The topological polar surface area (TPSA) is 41.6 Å². The molecule has 0 aromatic heterocycles. The molecule has 2 aromatic carbocycles. The standard InChI is InChI=1S/C25H27FN2O2/c1-2-16-4-3-10-28(14-16)11-9-17-5-7-20-18(12-17)15-30-24(20)23-21-13-19(26)6-8-22(21)27-25(23)29/h5-8,12-13,16H,2-4,9-11,14-15H2,1H3,(H,27,29)/b24-23+. The van der Waals surface area contributed by atoms with Crippen LogP contribution in [0.5, 0.6) is 0 Å². The summed E-state index contributed by atoms with van der Waals surface area (Å²) in [6.07, 6.45) is 4.95. The van der Waals surface area contributed by atoms with E-state index in [-0.39, 0.29) is 11.7 Å². The molecule has 1 unspecified atom stereocenters. The van der Waals surface area contributed by atoms with Gasteiger partial charge in [0.15, 0.2) is 0 Å². The summed E-state index contributed by atoms with van der Waals surface area (Å²) in [6.45, 7) is 6.23. The van der Waals surface area contributed by atoms with Crippen LogP contribution in [0.25, 0.3) is 11.3 Å². The first-order valence-electron chi connectivity index (χ1n) is 10.9. The van der Waals surface area contributed by atoms with Crippen LogP contribution in [0.3, 0.4) is 0 Å². The minimum Gasteiger partial charge on any atom is -0.487 e. The van der Waals surface area contributed by atoms with Gasteiger partial charge < -0.3 is 15.0 Å². The number of rotatable bonds is 4. The molecular formula is C25H27FN2O2. The Morgan fingerprint density at radius 2 is 2.10 bits per heavy atom. The van der Waals surface area contributed by atoms with Gasteiger partial charge in [-0.2, -0.15) is 0 Å². The van der Waals surface area contributed by atoms with Crippen molar-refractivity contribution in [3.63, 3.8) is 0 Å². The van der Waals surface area contributed by atoms with Crippen molar-refractivity contribution in [1.29, 1.82) is 0 Å². The summed E-state index contributed by atoms with van der Waals surface area (Å²) in [6, 6.07) is 10.7. The molecule has 3 heterocycles. The smallest absolute Gasteiger partial charge is 0.260 e. The minimum atomic E-state index is -0.361.